The second-order valence-corrected chi connectivity index (χ2v) is 2.41. The summed E-state index contributed by atoms with van der Waals surface area (Å²) < 4.78 is 0. The molecule has 0 unspecified atom stereocenters. The monoisotopic (exact) mass is 146 g/mol. The Morgan fingerprint density at radius 3 is 2.60 bits per heavy atom. The number of likely N-dealkylation sites (N-methyl/N-ethyl adjacent to an activating group) is 1. The fourth-order valence-corrected chi connectivity index (χ4v) is 1.00. The van der Waals surface area contributed by atoms with Gasteiger partial charge in [0.15, 0.2) is 0 Å². The van der Waals surface area contributed by atoms with E-state index in [1.165, 1.54) is 0 Å². The average molecular weight is 146 g/mol. The summed E-state index contributed by atoms with van der Waals surface area (Å²) in [5, 5.41) is 14.6. The van der Waals surface area contributed by atoms with Crippen molar-refractivity contribution < 1.29 is 5.11 Å². The van der Waals surface area contributed by atoms with Gasteiger partial charge in [0.25, 0.3) is 0 Å². The van der Waals surface area contributed by atoms with E-state index in [-0.39, 0.29) is 6.73 Å². The molecule has 10 heavy (non-hydrogen) atoms. The third kappa shape index (κ3) is 4.73. The fourth-order valence-electron chi connectivity index (χ4n) is 1.00. The Balaban J connectivity index is 3.30. The molecule has 0 aliphatic heterocycles. The summed E-state index contributed by atoms with van der Waals surface area (Å²) in [6, 6.07) is 0.417. The van der Waals surface area contributed by atoms with Gasteiger partial charge in [0.1, 0.15) is 0 Å². The van der Waals surface area contributed by atoms with Crippen molar-refractivity contribution in [1.29, 1.82) is 0 Å². The quantitative estimate of drug-likeness (QED) is 0.459. The van der Waals surface area contributed by atoms with Crippen molar-refractivity contribution >= 4 is 0 Å². The van der Waals surface area contributed by atoms with E-state index < -0.39 is 0 Å². The summed E-state index contributed by atoms with van der Waals surface area (Å²) in [6.07, 6.45) is 2.26. The number of aliphatic hydroxyl groups is 1. The van der Waals surface area contributed by atoms with Gasteiger partial charge in [-0.2, -0.15) is 0 Å². The normalized spacial score (nSPS) is 13.5. The molecule has 0 rings (SSSR count). The lowest BCUT2D eigenvalue weighted by Crippen LogP contribution is -2.37. The molecular formula is C7H18N2O. The first-order chi connectivity index (χ1) is 4.85. The molecule has 3 heteroatoms. The van der Waals surface area contributed by atoms with E-state index in [1.807, 2.05) is 7.05 Å². The van der Waals surface area contributed by atoms with Crippen LogP contribution in [0.25, 0.3) is 0 Å². The lowest BCUT2D eigenvalue weighted by Gasteiger charge is -2.15. The van der Waals surface area contributed by atoms with Gasteiger partial charge in [-0.25, -0.2) is 0 Å². The molecule has 0 aliphatic carbocycles. The first-order valence-electron chi connectivity index (χ1n) is 3.84. The van der Waals surface area contributed by atoms with Crippen LogP contribution in [-0.2, 0) is 0 Å². The predicted molar refractivity (Wildman–Crippen MR) is 42.8 cm³/mol. The van der Waals surface area contributed by atoms with E-state index in [0.29, 0.717) is 6.04 Å². The van der Waals surface area contributed by atoms with Crippen molar-refractivity contribution in [2.24, 2.45) is 0 Å². The Hall–Kier alpha value is -0.120. The van der Waals surface area contributed by atoms with Crippen molar-refractivity contribution in [1.82, 2.24) is 10.6 Å². The zero-order valence-electron chi connectivity index (χ0n) is 6.85. The predicted octanol–water partition coefficient (Wildman–Crippen LogP) is -0.0861. The zero-order chi connectivity index (χ0) is 7.82. The van der Waals surface area contributed by atoms with Crippen LogP contribution in [0.5, 0.6) is 0 Å². The molecule has 1 atom stereocenters. The third-order valence-electron chi connectivity index (χ3n) is 1.47. The first-order valence-corrected chi connectivity index (χ1v) is 3.84. The summed E-state index contributed by atoms with van der Waals surface area (Å²) in [6.45, 7) is 3.14. The van der Waals surface area contributed by atoms with Gasteiger partial charge in [0, 0.05) is 12.6 Å². The van der Waals surface area contributed by atoms with Gasteiger partial charge in [-0.1, -0.05) is 13.3 Å². The highest BCUT2D eigenvalue weighted by Crippen LogP contribution is 1.93. The minimum absolute atomic E-state index is 0.0757. The number of aliphatic hydroxyl groups excluding tert-OH is 1. The van der Waals surface area contributed by atoms with Crippen LogP contribution in [0.4, 0.5) is 0 Å². The van der Waals surface area contributed by atoms with E-state index in [1.54, 1.807) is 0 Å². The molecule has 0 bridgehead atoms. The summed E-state index contributed by atoms with van der Waals surface area (Å²) >= 11 is 0. The molecule has 0 aromatic carbocycles. The van der Waals surface area contributed by atoms with Crippen LogP contribution < -0.4 is 10.6 Å². The highest BCUT2D eigenvalue weighted by atomic mass is 16.3. The molecule has 0 spiro atoms. The third-order valence-corrected chi connectivity index (χ3v) is 1.47. The van der Waals surface area contributed by atoms with Crippen LogP contribution in [0.15, 0.2) is 0 Å². The number of hydrogen-bond donors (Lipinski definition) is 3. The number of nitrogens with one attached hydrogen (secondary N) is 2. The molecule has 0 saturated carbocycles. The largest absolute Gasteiger partial charge is 0.381 e. The maximum Gasteiger partial charge on any atom is 0.0934 e. The lowest BCUT2D eigenvalue weighted by molar-refractivity contribution is 0.235. The van der Waals surface area contributed by atoms with E-state index in [0.717, 1.165) is 19.4 Å². The number of hydrogen-bond acceptors (Lipinski definition) is 3. The topological polar surface area (TPSA) is 44.3 Å². The molecule has 0 aromatic heterocycles. The molecule has 0 saturated heterocycles. The van der Waals surface area contributed by atoms with E-state index in [9.17, 15) is 0 Å². The van der Waals surface area contributed by atoms with Crippen LogP contribution in [0.3, 0.4) is 0 Å². The van der Waals surface area contributed by atoms with Crippen molar-refractivity contribution in [3.8, 4) is 0 Å². The zero-order valence-corrected chi connectivity index (χ0v) is 6.85. The van der Waals surface area contributed by atoms with Gasteiger partial charge >= 0.3 is 0 Å². The molecule has 0 amide bonds. The summed E-state index contributed by atoms with van der Waals surface area (Å²) in [4.78, 5) is 0. The Kier molecular flexibility index (Phi) is 6.91. The molecule has 0 aromatic rings. The first kappa shape index (κ1) is 9.88. The maximum atomic E-state index is 8.55. The molecular weight excluding hydrogens is 128 g/mol. The van der Waals surface area contributed by atoms with E-state index in [4.69, 9.17) is 5.11 Å². The van der Waals surface area contributed by atoms with Gasteiger partial charge in [0.05, 0.1) is 6.73 Å². The van der Waals surface area contributed by atoms with Crippen molar-refractivity contribution in [2.45, 2.75) is 25.8 Å². The Bertz CT molecular complexity index is 54.4. The summed E-state index contributed by atoms with van der Waals surface area (Å²) in [5.74, 6) is 0. The maximum absolute atomic E-state index is 8.55. The number of rotatable bonds is 6. The van der Waals surface area contributed by atoms with Crippen molar-refractivity contribution in [3.05, 3.63) is 0 Å². The Morgan fingerprint density at radius 2 is 2.20 bits per heavy atom. The molecule has 0 radical (unpaired) electrons. The summed E-state index contributed by atoms with van der Waals surface area (Å²) in [7, 11) is 1.92. The highest BCUT2D eigenvalue weighted by Gasteiger charge is 2.02. The standard InChI is InChI=1S/C7H18N2O/c1-3-4-7(5-8-2)9-6-10/h7-10H,3-6H2,1-2H3/t7-/m0/s1. The summed E-state index contributed by atoms with van der Waals surface area (Å²) in [5.41, 5.74) is 0. The van der Waals surface area contributed by atoms with Crippen LogP contribution in [-0.4, -0.2) is 31.5 Å². The Labute approximate surface area is 62.8 Å². The SMILES string of the molecule is CCC[C@@H](CNC)NCO. The van der Waals surface area contributed by atoms with Crippen molar-refractivity contribution in [3.63, 3.8) is 0 Å². The highest BCUT2D eigenvalue weighted by molar-refractivity contribution is 4.65. The van der Waals surface area contributed by atoms with E-state index in [2.05, 4.69) is 17.6 Å². The lowest BCUT2D eigenvalue weighted by atomic mass is 10.2. The molecule has 0 heterocycles. The van der Waals surface area contributed by atoms with Gasteiger partial charge < -0.3 is 10.4 Å². The molecule has 3 nitrogen and oxygen atoms in total. The molecule has 62 valence electrons. The fraction of sp³-hybridized carbons (Fsp3) is 1.00. The van der Waals surface area contributed by atoms with Crippen LogP contribution in [0.2, 0.25) is 0 Å². The van der Waals surface area contributed by atoms with Crippen LogP contribution in [0.1, 0.15) is 19.8 Å². The Morgan fingerprint density at radius 1 is 1.50 bits per heavy atom. The minimum atomic E-state index is 0.0757. The van der Waals surface area contributed by atoms with Crippen LogP contribution >= 0.6 is 0 Å². The van der Waals surface area contributed by atoms with E-state index >= 15 is 0 Å². The second kappa shape index (κ2) is 6.99. The molecule has 0 fully saturated rings. The van der Waals surface area contributed by atoms with Gasteiger partial charge in [-0.05, 0) is 13.5 Å². The molecule has 3 N–H and O–H groups in total. The second-order valence-electron chi connectivity index (χ2n) is 2.41. The molecule has 0 aliphatic rings. The van der Waals surface area contributed by atoms with Crippen molar-refractivity contribution in [2.75, 3.05) is 20.3 Å². The minimum Gasteiger partial charge on any atom is -0.381 e. The van der Waals surface area contributed by atoms with Gasteiger partial charge in [-0.15, -0.1) is 0 Å². The van der Waals surface area contributed by atoms with Gasteiger partial charge in [0.2, 0.25) is 0 Å². The average Bonchev–Trinajstić information content (AvgIpc) is 1.90. The smallest absolute Gasteiger partial charge is 0.0934 e. The van der Waals surface area contributed by atoms with Gasteiger partial charge in [-0.3, -0.25) is 5.32 Å². The van der Waals surface area contributed by atoms with Crippen LogP contribution in [0, 0.1) is 0 Å².